The Morgan fingerprint density at radius 3 is 2.39 bits per heavy atom. The van der Waals surface area contributed by atoms with Gasteiger partial charge >= 0.3 is 0 Å². The number of nitrogens with one attached hydrogen (secondary N) is 2. The van der Waals surface area contributed by atoms with E-state index in [1.807, 2.05) is 44.4 Å². The first-order valence-corrected chi connectivity index (χ1v) is 12.6. The lowest BCUT2D eigenvalue weighted by atomic mass is 10.0. The lowest BCUT2D eigenvalue weighted by Gasteiger charge is -2.22. The number of hydrogen-bond donors (Lipinski definition) is 2. The summed E-state index contributed by atoms with van der Waals surface area (Å²) < 4.78 is 1.90. The van der Waals surface area contributed by atoms with Gasteiger partial charge in [0.1, 0.15) is 0 Å². The number of non-ortho nitro benzene ring substituents is 1. The molecule has 0 unspecified atom stereocenters. The molecule has 1 aromatic heterocycles. The number of nitro benzene ring substituents is 1. The fourth-order valence-electron chi connectivity index (χ4n) is 3.61. The van der Waals surface area contributed by atoms with Crippen LogP contribution in [0.3, 0.4) is 0 Å². The van der Waals surface area contributed by atoms with Crippen molar-refractivity contribution in [2.75, 3.05) is 11.1 Å². The van der Waals surface area contributed by atoms with E-state index in [1.165, 1.54) is 30.0 Å². The van der Waals surface area contributed by atoms with E-state index in [0.29, 0.717) is 34.3 Å². The van der Waals surface area contributed by atoms with Crippen LogP contribution in [0.25, 0.3) is 0 Å². The Hall–Kier alpha value is -3.73. The summed E-state index contributed by atoms with van der Waals surface area (Å²) in [6.07, 6.45) is 0. The number of carbonyl (C=O) groups excluding carboxylic acids is 2. The average molecular weight is 511 g/mol. The molecule has 2 N–H and O–H groups in total. The second-order valence-electron chi connectivity index (χ2n) is 8.74. The minimum Gasteiger partial charge on any atom is -0.342 e. The van der Waals surface area contributed by atoms with E-state index in [4.69, 9.17) is 0 Å². The number of rotatable bonds is 10. The standard InChI is InChI=1S/C25H30N6O4S/c1-6-30-23(22(15(2)3)27-24(33)18-9-7-16(4)8-10-18)28-29-25(30)36-14-21(32)26-20-12-11-19(31(34)35)13-17(20)5/h7-13,15,22H,6,14H2,1-5H3,(H,26,32)(H,27,33)/t22-/m1/s1. The van der Waals surface area contributed by atoms with Crippen molar-refractivity contribution in [3.8, 4) is 0 Å². The van der Waals surface area contributed by atoms with Gasteiger partial charge in [0, 0.05) is 29.9 Å². The van der Waals surface area contributed by atoms with Crippen LogP contribution in [-0.4, -0.2) is 37.3 Å². The maximum Gasteiger partial charge on any atom is 0.269 e. The molecular weight excluding hydrogens is 480 g/mol. The maximum absolute atomic E-state index is 12.9. The zero-order valence-corrected chi connectivity index (χ0v) is 21.8. The Morgan fingerprint density at radius 1 is 1.11 bits per heavy atom. The summed E-state index contributed by atoms with van der Waals surface area (Å²) in [5.41, 5.74) is 2.74. The van der Waals surface area contributed by atoms with Gasteiger partial charge in [-0.25, -0.2) is 0 Å². The van der Waals surface area contributed by atoms with Gasteiger partial charge in [0.15, 0.2) is 11.0 Å². The normalized spacial score (nSPS) is 11.8. The van der Waals surface area contributed by atoms with Crippen LogP contribution in [0.5, 0.6) is 0 Å². The van der Waals surface area contributed by atoms with E-state index in [2.05, 4.69) is 20.8 Å². The zero-order valence-electron chi connectivity index (χ0n) is 20.9. The molecule has 190 valence electrons. The molecule has 1 atom stereocenters. The van der Waals surface area contributed by atoms with Crippen LogP contribution < -0.4 is 10.6 Å². The largest absolute Gasteiger partial charge is 0.342 e. The van der Waals surface area contributed by atoms with Crippen LogP contribution in [0.2, 0.25) is 0 Å². The summed E-state index contributed by atoms with van der Waals surface area (Å²) in [6, 6.07) is 11.3. The molecule has 0 aliphatic carbocycles. The van der Waals surface area contributed by atoms with Crippen molar-refractivity contribution in [1.82, 2.24) is 20.1 Å². The van der Waals surface area contributed by atoms with Crippen LogP contribution in [-0.2, 0) is 11.3 Å². The molecule has 0 saturated carbocycles. The van der Waals surface area contributed by atoms with Crippen LogP contribution in [0, 0.1) is 29.9 Å². The number of aryl methyl sites for hydroxylation is 2. The number of nitro groups is 1. The maximum atomic E-state index is 12.9. The summed E-state index contributed by atoms with van der Waals surface area (Å²) in [5.74, 6) is 0.308. The van der Waals surface area contributed by atoms with Crippen molar-refractivity contribution < 1.29 is 14.5 Å². The Balaban J connectivity index is 1.70. The molecule has 10 nitrogen and oxygen atoms in total. The van der Waals surface area contributed by atoms with E-state index in [0.717, 1.165) is 5.56 Å². The average Bonchev–Trinajstić information content (AvgIpc) is 3.24. The van der Waals surface area contributed by atoms with Crippen molar-refractivity contribution in [1.29, 1.82) is 0 Å². The number of thioether (sulfide) groups is 1. The highest BCUT2D eigenvalue weighted by atomic mass is 32.2. The molecule has 0 saturated heterocycles. The minimum absolute atomic E-state index is 0.0300. The lowest BCUT2D eigenvalue weighted by molar-refractivity contribution is -0.384. The van der Waals surface area contributed by atoms with Crippen LogP contribution in [0.15, 0.2) is 47.6 Å². The molecule has 2 aromatic carbocycles. The molecule has 3 rings (SSSR count). The smallest absolute Gasteiger partial charge is 0.269 e. The zero-order chi connectivity index (χ0) is 26.4. The number of aromatic nitrogens is 3. The molecule has 36 heavy (non-hydrogen) atoms. The van der Waals surface area contributed by atoms with Crippen molar-refractivity contribution in [3.05, 3.63) is 75.1 Å². The van der Waals surface area contributed by atoms with E-state index in [-0.39, 0.29) is 35.2 Å². The Kier molecular flexibility index (Phi) is 8.81. The van der Waals surface area contributed by atoms with E-state index in [1.54, 1.807) is 19.1 Å². The predicted molar refractivity (Wildman–Crippen MR) is 139 cm³/mol. The molecule has 11 heteroatoms. The van der Waals surface area contributed by atoms with Crippen LogP contribution in [0.1, 0.15) is 54.1 Å². The molecule has 2 amide bonds. The van der Waals surface area contributed by atoms with Crippen molar-refractivity contribution in [2.24, 2.45) is 5.92 Å². The first-order valence-electron chi connectivity index (χ1n) is 11.6. The van der Waals surface area contributed by atoms with Gasteiger partial charge in [0.05, 0.1) is 16.7 Å². The minimum atomic E-state index is -0.475. The molecule has 0 bridgehead atoms. The van der Waals surface area contributed by atoms with E-state index < -0.39 is 4.92 Å². The first-order chi connectivity index (χ1) is 17.1. The SMILES string of the molecule is CCn1c(SCC(=O)Nc2ccc([N+](=O)[O-])cc2C)nnc1[C@H](NC(=O)c1ccc(C)cc1)C(C)C. The molecule has 0 spiro atoms. The molecule has 1 heterocycles. The quantitative estimate of drug-likeness (QED) is 0.230. The number of anilines is 1. The van der Waals surface area contributed by atoms with Gasteiger partial charge in [-0.15, -0.1) is 10.2 Å². The third kappa shape index (κ3) is 6.48. The van der Waals surface area contributed by atoms with E-state index >= 15 is 0 Å². The first kappa shape index (κ1) is 26.9. The van der Waals surface area contributed by atoms with Gasteiger partial charge in [-0.1, -0.05) is 43.3 Å². The molecule has 0 aliphatic heterocycles. The number of amides is 2. The van der Waals surface area contributed by atoms with Gasteiger partial charge < -0.3 is 15.2 Å². The predicted octanol–water partition coefficient (Wildman–Crippen LogP) is 4.68. The highest BCUT2D eigenvalue weighted by Gasteiger charge is 2.26. The van der Waals surface area contributed by atoms with Gasteiger partial charge in [0.2, 0.25) is 5.91 Å². The Bertz CT molecular complexity index is 1260. The molecule has 0 radical (unpaired) electrons. The van der Waals surface area contributed by atoms with Gasteiger partial charge in [-0.2, -0.15) is 0 Å². The summed E-state index contributed by atoms with van der Waals surface area (Å²) in [4.78, 5) is 35.9. The van der Waals surface area contributed by atoms with Crippen LogP contribution >= 0.6 is 11.8 Å². The summed E-state index contributed by atoms with van der Waals surface area (Å²) in [6.45, 7) is 10.2. The van der Waals surface area contributed by atoms with Crippen LogP contribution in [0.4, 0.5) is 11.4 Å². The topological polar surface area (TPSA) is 132 Å². The van der Waals surface area contributed by atoms with Gasteiger partial charge in [-0.05, 0) is 50.5 Å². The monoisotopic (exact) mass is 510 g/mol. The molecular formula is C25H30N6O4S. The van der Waals surface area contributed by atoms with E-state index in [9.17, 15) is 19.7 Å². The Labute approximate surface area is 214 Å². The Morgan fingerprint density at radius 2 is 1.81 bits per heavy atom. The van der Waals surface area contributed by atoms with Gasteiger partial charge in [0.25, 0.3) is 11.6 Å². The fraction of sp³-hybridized carbons (Fsp3) is 0.360. The third-order valence-corrected chi connectivity index (χ3v) is 6.60. The van der Waals surface area contributed by atoms with Crippen molar-refractivity contribution >= 4 is 35.0 Å². The summed E-state index contributed by atoms with van der Waals surface area (Å²) in [7, 11) is 0. The highest BCUT2D eigenvalue weighted by Crippen LogP contribution is 2.26. The number of benzene rings is 2. The molecule has 0 aliphatic rings. The highest BCUT2D eigenvalue weighted by molar-refractivity contribution is 7.99. The van der Waals surface area contributed by atoms with Crippen molar-refractivity contribution in [2.45, 2.75) is 52.4 Å². The molecule has 3 aromatic rings. The third-order valence-electron chi connectivity index (χ3n) is 5.63. The number of hydrogen-bond acceptors (Lipinski definition) is 7. The number of carbonyl (C=O) groups is 2. The molecule has 0 fully saturated rings. The van der Waals surface area contributed by atoms with Gasteiger partial charge in [-0.3, -0.25) is 19.7 Å². The van der Waals surface area contributed by atoms with Crippen molar-refractivity contribution in [3.63, 3.8) is 0 Å². The lowest BCUT2D eigenvalue weighted by Crippen LogP contribution is -2.33. The second kappa shape index (κ2) is 11.8. The fourth-order valence-corrected chi connectivity index (χ4v) is 4.42. The second-order valence-corrected chi connectivity index (χ2v) is 9.68. The summed E-state index contributed by atoms with van der Waals surface area (Å²) >= 11 is 1.24. The summed E-state index contributed by atoms with van der Waals surface area (Å²) in [5, 5.41) is 26.0. The number of nitrogens with zero attached hydrogens (tertiary/aromatic N) is 4.